The molecule has 1 saturated heterocycles. The summed E-state index contributed by atoms with van der Waals surface area (Å²) in [4.78, 5) is 12.3. The Morgan fingerprint density at radius 1 is 1.38 bits per heavy atom. The van der Waals surface area contributed by atoms with Crippen molar-refractivity contribution in [1.82, 2.24) is 4.72 Å². The Morgan fingerprint density at radius 3 is 2.79 bits per heavy atom. The molecule has 0 unspecified atom stereocenters. The molecule has 1 aromatic rings. The average molecular weight is 355 g/mol. The number of ether oxygens (including phenoxy) is 2. The van der Waals surface area contributed by atoms with Crippen LogP contribution in [0, 0.1) is 13.8 Å². The van der Waals surface area contributed by atoms with E-state index in [4.69, 9.17) is 9.47 Å². The second kappa shape index (κ2) is 8.09. The van der Waals surface area contributed by atoms with E-state index in [0.29, 0.717) is 12.2 Å². The van der Waals surface area contributed by atoms with Crippen molar-refractivity contribution >= 4 is 15.9 Å². The van der Waals surface area contributed by atoms with E-state index in [9.17, 15) is 13.2 Å². The normalized spacial score (nSPS) is 19.7. The van der Waals surface area contributed by atoms with Crippen LogP contribution in [0.3, 0.4) is 0 Å². The van der Waals surface area contributed by atoms with Gasteiger partial charge in [0.05, 0.1) is 17.6 Å². The molecule has 6 nitrogen and oxygen atoms in total. The summed E-state index contributed by atoms with van der Waals surface area (Å²) in [7, 11) is -3.91. The van der Waals surface area contributed by atoms with Crippen LogP contribution < -0.4 is 4.72 Å². The Labute approximate surface area is 143 Å². The van der Waals surface area contributed by atoms with Gasteiger partial charge < -0.3 is 9.47 Å². The van der Waals surface area contributed by atoms with Gasteiger partial charge in [0.15, 0.2) is 0 Å². The number of carbonyl (C=O) groups excluding carboxylic acids is 1. The topological polar surface area (TPSA) is 81.7 Å². The second-order valence-corrected chi connectivity index (χ2v) is 7.85. The van der Waals surface area contributed by atoms with Crippen LogP contribution >= 0.6 is 0 Å². The molecule has 0 saturated carbocycles. The van der Waals surface area contributed by atoms with Gasteiger partial charge in [0.2, 0.25) is 0 Å². The largest absolute Gasteiger partial charge is 0.376 e. The van der Waals surface area contributed by atoms with Crippen molar-refractivity contribution in [2.45, 2.75) is 57.1 Å². The predicted octanol–water partition coefficient (Wildman–Crippen LogP) is 2.08. The van der Waals surface area contributed by atoms with Gasteiger partial charge in [-0.05, 0) is 57.2 Å². The summed E-state index contributed by atoms with van der Waals surface area (Å²) >= 11 is 0. The van der Waals surface area contributed by atoms with Gasteiger partial charge in [-0.25, -0.2) is 13.1 Å². The third-order valence-corrected chi connectivity index (χ3v) is 5.53. The highest BCUT2D eigenvalue weighted by atomic mass is 32.2. The van der Waals surface area contributed by atoms with Gasteiger partial charge in [0, 0.05) is 6.61 Å². The number of benzene rings is 1. The molecule has 1 aromatic carbocycles. The lowest BCUT2D eigenvalue weighted by atomic mass is 10.1. The van der Waals surface area contributed by atoms with E-state index in [-0.39, 0.29) is 17.6 Å². The SMILES string of the molecule is Cc1ccc(C)c(S(=O)(=O)NC(=O)[C@H](C)OC[C@H]2CCCCO2)c1. The number of hydrogen-bond acceptors (Lipinski definition) is 5. The highest BCUT2D eigenvalue weighted by molar-refractivity contribution is 7.90. The third-order valence-electron chi connectivity index (χ3n) is 4.04. The van der Waals surface area contributed by atoms with Gasteiger partial charge >= 0.3 is 0 Å². The number of aryl methyl sites for hydroxylation is 2. The molecule has 0 spiro atoms. The summed E-state index contributed by atoms with van der Waals surface area (Å²) in [6.45, 7) is 6.03. The van der Waals surface area contributed by atoms with Gasteiger partial charge in [-0.15, -0.1) is 0 Å². The number of amides is 1. The number of rotatable bonds is 6. The molecule has 1 heterocycles. The second-order valence-electron chi connectivity index (χ2n) is 6.20. The number of carbonyl (C=O) groups is 1. The van der Waals surface area contributed by atoms with Crippen LogP contribution in [-0.2, 0) is 24.3 Å². The Bertz CT molecular complexity index is 680. The van der Waals surface area contributed by atoms with E-state index in [1.54, 1.807) is 26.0 Å². The highest BCUT2D eigenvalue weighted by Gasteiger charge is 2.25. The predicted molar refractivity (Wildman–Crippen MR) is 90.2 cm³/mol. The first kappa shape index (κ1) is 18.9. The molecule has 1 fully saturated rings. The van der Waals surface area contributed by atoms with Crippen LogP contribution in [0.5, 0.6) is 0 Å². The Morgan fingerprint density at radius 2 is 2.12 bits per heavy atom. The average Bonchev–Trinajstić information content (AvgIpc) is 2.55. The number of sulfonamides is 1. The van der Waals surface area contributed by atoms with Gasteiger partial charge in [0.25, 0.3) is 15.9 Å². The number of nitrogens with one attached hydrogen (secondary N) is 1. The van der Waals surface area contributed by atoms with Gasteiger partial charge in [-0.3, -0.25) is 4.79 Å². The van der Waals surface area contributed by atoms with E-state index in [1.165, 1.54) is 6.92 Å². The number of hydrogen-bond donors (Lipinski definition) is 1. The maximum atomic E-state index is 12.4. The fraction of sp³-hybridized carbons (Fsp3) is 0.588. The van der Waals surface area contributed by atoms with Crippen LogP contribution in [0.4, 0.5) is 0 Å². The molecule has 24 heavy (non-hydrogen) atoms. The molecule has 0 aromatic heterocycles. The van der Waals surface area contributed by atoms with E-state index >= 15 is 0 Å². The minimum Gasteiger partial charge on any atom is -0.376 e. The molecule has 0 radical (unpaired) electrons. The molecule has 1 amide bonds. The van der Waals surface area contributed by atoms with Gasteiger partial charge in [-0.2, -0.15) is 0 Å². The summed E-state index contributed by atoms with van der Waals surface area (Å²) in [6.07, 6.45) is 2.13. The quantitative estimate of drug-likeness (QED) is 0.845. The lowest BCUT2D eigenvalue weighted by molar-refractivity contribution is -0.133. The lowest BCUT2D eigenvalue weighted by Crippen LogP contribution is -2.40. The van der Waals surface area contributed by atoms with Crippen LogP contribution in [0.2, 0.25) is 0 Å². The van der Waals surface area contributed by atoms with E-state index in [1.807, 2.05) is 6.07 Å². The van der Waals surface area contributed by atoms with Gasteiger partial charge in [0.1, 0.15) is 6.10 Å². The first-order valence-corrected chi connectivity index (χ1v) is 9.65. The lowest BCUT2D eigenvalue weighted by Gasteiger charge is -2.23. The molecule has 134 valence electrons. The molecule has 7 heteroatoms. The van der Waals surface area contributed by atoms with Crippen molar-refractivity contribution in [2.24, 2.45) is 0 Å². The van der Waals surface area contributed by atoms with Crippen molar-refractivity contribution < 1.29 is 22.7 Å². The summed E-state index contributed by atoms with van der Waals surface area (Å²) in [6, 6.07) is 5.09. The van der Waals surface area contributed by atoms with Crippen molar-refractivity contribution in [3.05, 3.63) is 29.3 Å². The summed E-state index contributed by atoms with van der Waals surface area (Å²) in [5.74, 6) is -0.674. The molecule has 2 atom stereocenters. The van der Waals surface area contributed by atoms with Crippen LogP contribution in [-0.4, -0.2) is 39.7 Å². The Hall–Kier alpha value is -1.44. The van der Waals surface area contributed by atoms with E-state index < -0.39 is 22.0 Å². The van der Waals surface area contributed by atoms with Gasteiger partial charge in [-0.1, -0.05) is 12.1 Å². The third kappa shape index (κ3) is 5.03. The Kier molecular flexibility index (Phi) is 6.37. The van der Waals surface area contributed by atoms with Crippen LogP contribution in [0.1, 0.15) is 37.3 Å². The minimum absolute atomic E-state index is 0.0235. The van der Waals surface area contributed by atoms with Crippen molar-refractivity contribution in [3.8, 4) is 0 Å². The zero-order chi connectivity index (χ0) is 17.7. The smallest absolute Gasteiger partial charge is 0.264 e. The van der Waals surface area contributed by atoms with E-state index in [0.717, 1.165) is 24.8 Å². The molecule has 1 aliphatic rings. The monoisotopic (exact) mass is 355 g/mol. The van der Waals surface area contributed by atoms with Crippen LogP contribution in [0.15, 0.2) is 23.1 Å². The molecule has 0 bridgehead atoms. The molecular formula is C17H25NO5S. The maximum Gasteiger partial charge on any atom is 0.264 e. The molecule has 1 N–H and O–H groups in total. The summed E-state index contributed by atoms with van der Waals surface area (Å²) < 4.78 is 37.9. The molecule has 2 rings (SSSR count). The van der Waals surface area contributed by atoms with Crippen molar-refractivity contribution in [1.29, 1.82) is 0 Å². The first-order valence-electron chi connectivity index (χ1n) is 8.17. The first-order chi connectivity index (χ1) is 11.3. The molecular weight excluding hydrogens is 330 g/mol. The standard InChI is InChI=1S/C17H25NO5S/c1-12-7-8-13(2)16(10-12)24(20,21)18-17(19)14(3)23-11-15-6-4-5-9-22-15/h7-8,10,14-15H,4-6,9,11H2,1-3H3,(H,18,19)/t14-,15+/m0/s1. The van der Waals surface area contributed by atoms with Crippen LogP contribution in [0.25, 0.3) is 0 Å². The zero-order valence-corrected chi connectivity index (χ0v) is 15.2. The molecule has 0 aliphatic carbocycles. The van der Waals surface area contributed by atoms with Crippen molar-refractivity contribution in [3.63, 3.8) is 0 Å². The maximum absolute atomic E-state index is 12.4. The summed E-state index contributed by atoms with van der Waals surface area (Å²) in [5, 5.41) is 0. The summed E-state index contributed by atoms with van der Waals surface area (Å²) in [5.41, 5.74) is 1.40. The molecule has 1 aliphatic heterocycles. The van der Waals surface area contributed by atoms with Crippen molar-refractivity contribution in [2.75, 3.05) is 13.2 Å². The fourth-order valence-electron chi connectivity index (χ4n) is 2.53. The van der Waals surface area contributed by atoms with E-state index in [2.05, 4.69) is 4.72 Å². The minimum atomic E-state index is -3.91. The highest BCUT2D eigenvalue weighted by Crippen LogP contribution is 2.17. The fourth-order valence-corrected chi connectivity index (χ4v) is 3.91. The zero-order valence-electron chi connectivity index (χ0n) is 14.4. The Balaban J connectivity index is 1.95.